The van der Waals surface area contributed by atoms with Crippen LogP contribution in [0, 0.1) is 0 Å². The number of hydrogen-bond donors (Lipinski definition) is 2. The first-order valence-corrected chi connectivity index (χ1v) is 10.9. The lowest BCUT2D eigenvalue weighted by Crippen LogP contribution is -2.39. The van der Waals surface area contributed by atoms with Crippen molar-refractivity contribution in [2.75, 3.05) is 6.54 Å². The maximum absolute atomic E-state index is 13.6. The second-order valence-electron chi connectivity index (χ2n) is 8.66. The number of ketones is 1. The zero-order chi connectivity index (χ0) is 23.6. The number of amides is 1. The van der Waals surface area contributed by atoms with Gasteiger partial charge in [-0.1, -0.05) is 44.2 Å². The van der Waals surface area contributed by atoms with Crippen molar-refractivity contribution in [1.29, 1.82) is 0 Å². The van der Waals surface area contributed by atoms with Gasteiger partial charge in [-0.3, -0.25) is 14.4 Å². The second-order valence-corrected chi connectivity index (χ2v) is 8.66. The lowest BCUT2D eigenvalue weighted by molar-refractivity contribution is 0.0690. The number of fused-ring (bicyclic) bond motifs is 1. The van der Waals surface area contributed by atoms with E-state index in [0.29, 0.717) is 40.6 Å². The Kier molecular flexibility index (Phi) is 6.69. The Morgan fingerprint density at radius 2 is 1.75 bits per heavy atom. The van der Waals surface area contributed by atoms with Crippen LogP contribution in [0.5, 0.6) is 0 Å². The molecule has 1 amide bonds. The van der Waals surface area contributed by atoms with Gasteiger partial charge in [-0.25, -0.2) is 0 Å². The van der Waals surface area contributed by atoms with Gasteiger partial charge in [0.1, 0.15) is 5.69 Å². The van der Waals surface area contributed by atoms with Crippen molar-refractivity contribution in [3.05, 3.63) is 69.3 Å². The molecule has 32 heavy (non-hydrogen) atoms. The Balaban J connectivity index is 2.14. The van der Waals surface area contributed by atoms with Crippen LogP contribution in [0.15, 0.2) is 41.2 Å². The van der Waals surface area contributed by atoms with Crippen molar-refractivity contribution in [3.8, 4) is 0 Å². The quantitative estimate of drug-likeness (QED) is 0.530. The number of aliphatic hydroxyl groups is 1. The van der Waals surface area contributed by atoms with Gasteiger partial charge < -0.3 is 19.6 Å². The highest BCUT2D eigenvalue weighted by molar-refractivity contribution is 6.02. The van der Waals surface area contributed by atoms with Crippen LogP contribution in [0.4, 0.5) is 0 Å². The molecule has 2 N–H and O–H groups in total. The van der Waals surface area contributed by atoms with Crippen LogP contribution in [0.25, 0.3) is 10.9 Å². The van der Waals surface area contributed by atoms with E-state index in [0.717, 1.165) is 5.69 Å². The van der Waals surface area contributed by atoms with Gasteiger partial charge in [0, 0.05) is 24.8 Å². The van der Waals surface area contributed by atoms with Gasteiger partial charge >= 0.3 is 0 Å². The maximum Gasteiger partial charge on any atom is 0.268 e. The molecule has 0 bridgehead atoms. The summed E-state index contributed by atoms with van der Waals surface area (Å²) in [7, 11) is 1.76. The fourth-order valence-electron chi connectivity index (χ4n) is 4.01. The first-order valence-electron chi connectivity index (χ1n) is 10.9. The summed E-state index contributed by atoms with van der Waals surface area (Å²) in [6.07, 6.45) is 1.05. The SMILES string of the molecule is CCc1c(C(=O)NCC(C)(C)O)n(C)c2cc(CC)n(CC(=O)c3ccccc3)c(=O)c12. The molecule has 1 aromatic carbocycles. The van der Waals surface area contributed by atoms with Crippen molar-refractivity contribution in [3.63, 3.8) is 0 Å². The molecule has 170 valence electrons. The van der Waals surface area contributed by atoms with Crippen molar-refractivity contribution < 1.29 is 14.7 Å². The maximum atomic E-state index is 13.6. The average molecular weight is 438 g/mol. The van der Waals surface area contributed by atoms with Crippen LogP contribution in [0.2, 0.25) is 0 Å². The summed E-state index contributed by atoms with van der Waals surface area (Å²) in [5.41, 5.74) is 1.68. The molecule has 3 rings (SSSR count). The summed E-state index contributed by atoms with van der Waals surface area (Å²) in [6.45, 7) is 7.10. The first-order chi connectivity index (χ1) is 15.1. The fourth-order valence-corrected chi connectivity index (χ4v) is 4.01. The number of aryl methyl sites for hydroxylation is 3. The lowest BCUT2D eigenvalue weighted by Gasteiger charge is -2.18. The average Bonchev–Trinajstić information content (AvgIpc) is 3.05. The van der Waals surface area contributed by atoms with Crippen LogP contribution >= 0.6 is 0 Å². The summed E-state index contributed by atoms with van der Waals surface area (Å²) in [5.74, 6) is -0.481. The normalized spacial score (nSPS) is 11.7. The number of nitrogens with one attached hydrogen (secondary N) is 1. The monoisotopic (exact) mass is 437 g/mol. The Morgan fingerprint density at radius 3 is 2.31 bits per heavy atom. The molecular weight excluding hydrogens is 406 g/mol. The highest BCUT2D eigenvalue weighted by Crippen LogP contribution is 2.25. The number of pyridine rings is 1. The number of Topliss-reactive ketones (excluding diaryl/α,β-unsaturated/α-hetero) is 1. The second kappa shape index (κ2) is 9.12. The van der Waals surface area contributed by atoms with Crippen LogP contribution in [0.1, 0.15) is 59.8 Å². The first kappa shape index (κ1) is 23.5. The fraction of sp³-hybridized carbons (Fsp3) is 0.400. The van der Waals surface area contributed by atoms with Gasteiger partial charge in [-0.15, -0.1) is 0 Å². The predicted molar refractivity (Wildman–Crippen MR) is 125 cm³/mol. The highest BCUT2D eigenvalue weighted by atomic mass is 16.3. The Hall–Kier alpha value is -3.19. The molecule has 0 spiro atoms. The summed E-state index contributed by atoms with van der Waals surface area (Å²) in [5, 5.41) is 13.2. The molecule has 7 nitrogen and oxygen atoms in total. The molecule has 3 aromatic rings. The Bertz CT molecular complexity index is 1210. The van der Waals surface area contributed by atoms with Crippen molar-refractivity contribution in [2.45, 2.75) is 52.7 Å². The third kappa shape index (κ3) is 4.53. The zero-order valence-corrected chi connectivity index (χ0v) is 19.4. The molecule has 0 radical (unpaired) electrons. The predicted octanol–water partition coefficient (Wildman–Crippen LogP) is 2.85. The third-order valence-corrected chi connectivity index (χ3v) is 5.66. The standard InChI is InChI=1S/C25H31N3O4/c1-6-17-13-19-21(24(31)28(17)14-20(29)16-11-9-8-10-12-16)18(7-2)22(27(19)5)23(30)26-15-25(3,4)32/h8-13,32H,6-7,14-15H2,1-5H3,(H,26,30). The van der Waals surface area contributed by atoms with E-state index < -0.39 is 5.60 Å². The molecule has 7 heteroatoms. The van der Waals surface area contributed by atoms with Gasteiger partial charge in [-0.2, -0.15) is 0 Å². The minimum absolute atomic E-state index is 0.0553. The Labute approximate surface area is 187 Å². The third-order valence-electron chi connectivity index (χ3n) is 5.66. The van der Waals surface area contributed by atoms with E-state index in [9.17, 15) is 19.5 Å². The van der Waals surface area contributed by atoms with Crippen LogP contribution in [-0.4, -0.2) is 38.1 Å². The molecule has 0 unspecified atom stereocenters. The van der Waals surface area contributed by atoms with E-state index in [4.69, 9.17) is 0 Å². The van der Waals surface area contributed by atoms with E-state index in [-0.39, 0.29) is 30.3 Å². The zero-order valence-electron chi connectivity index (χ0n) is 19.4. The minimum atomic E-state index is -1.05. The molecule has 0 fully saturated rings. The van der Waals surface area contributed by atoms with Crippen molar-refractivity contribution in [2.24, 2.45) is 7.05 Å². The molecule has 2 heterocycles. The molecule has 0 aliphatic heterocycles. The van der Waals surface area contributed by atoms with Gasteiger partial charge in [-0.05, 0) is 38.3 Å². The molecule has 0 saturated carbocycles. The molecule has 2 aromatic heterocycles. The lowest BCUT2D eigenvalue weighted by atomic mass is 10.1. The van der Waals surface area contributed by atoms with E-state index in [2.05, 4.69) is 5.32 Å². The number of rotatable bonds is 8. The summed E-state index contributed by atoms with van der Waals surface area (Å²) < 4.78 is 3.26. The molecule has 0 saturated heterocycles. The summed E-state index contributed by atoms with van der Waals surface area (Å²) in [6, 6.07) is 10.8. The van der Waals surface area contributed by atoms with Crippen molar-refractivity contribution >= 4 is 22.6 Å². The number of carbonyl (C=O) groups is 2. The van der Waals surface area contributed by atoms with E-state index in [1.54, 1.807) is 49.7 Å². The van der Waals surface area contributed by atoms with Crippen LogP contribution in [-0.2, 0) is 26.4 Å². The van der Waals surface area contributed by atoms with Crippen LogP contribution < -0.4 is 10.9 Å². The molecule has 0 aliphatic rings. The number of carbonyl (C=O) groups excluding carboxylic acids is 2. The van der Waals surface area contributed by atoms with E-state index >= 15 is 0 Å². The number of nitrogens with zero attached hydrogens (tertiary/aromatic N) is 2. The van der Waals surface area contributed by atoms with Gasteiger partial charge in [0.25, 0.3) is 11.5 Å². The smallest absolute Gasteiger partial charge is 0.268 e. The van der Waals surface area contributed by atoms with Gasteiger partial charge in [0.15, 0.2) is 5.78 Å². The molecule has 0 atom stereocenters. The van der Waals surface area contributed by atoms with E-state index in [1.165, 1.54) is 4.57 Å². The minimum Gasteiger partial charge on any atom is -0.389 e. The number of benzene rings is 1. The summed E-state index contributed by atoms with van der Waals surface area (Å²) in [4.78, 5) is 39.4. The number of hydrogen-bond acceptors (Lipinski definition) is 4. The van der Waals surface area contributed by atoms with E-state index in [1.807, 2.05) is 26.0 Å². The van der Waals surface area contributed by atoms with Crippen molar-refractivity contribution in [1.82, 2.24) is 14.5 Å². The summed E-state index contributed by atoms with van der Waals surface area (Å²) >= 11 is 0. The highest BCUT2D eigenvalue weighted by Gasteiger charge is 2.25. The topological polar surface area (TPSA) is 93.3 Å². The Morgan fingerprint density at radius 1 is 1.09 bits per heavy atom. The number of aromatic nitrogens is 2. The molecular formula is C25H31N3O4. The van der Waals surface area contributed by atoms with Gasteiger partial charge in [0.2, 0.25) is 0 Å². The van der Waals surface area contributed by atoms with Gasteiger partial charge in [0.05, 0.1) is 23.0 Å². The molecule has 0 aliphatic carbocycles. The van der Waals surface area contributed by atoms with Crippen LogP contribution in [0.3, 0.4) is 0 Å². The largest absolute Gasteiger partial charge is 0.389 e.